The van der Waals surface area contributed by atoms with Crippen molar-refractivity contribution in [3.8, 4) is 5.75 Å². The van der Waals surface area contributed by atoms with Crippen LogP contribution in [0.15, 0.2) is 16.6 Å². The average Bonchev–Trinajstić information content (AvgIpc) is 2.48. The average molecular weight is 384 g/mol. The molecule has 6 heteroatoms. The molecule has 0 spiro atoms. The molecule has 1 aromatic rings. The summed E-state index contributed by atoms with van der Waals surface area (Å²) in [5.41, 5.74) is 0.871. The van der Waals surface area contributed by atoms with Crippen molar-refractivity contribution in [2.75, 3.05) is 6.61 Å². The van der Waals surface area contributed by atoms with E-state index in [1.807, 2.05) is 20.8 Å². The predicted octanol–water partition coefficient (Wildman–Crippen LogP) is 3.41. The Morgan fingerprint density at radius 1 is 1.30 bits per heavy atom. The predicted molar refractivity (Wildman–Crippen MR) is 90.4 cm³/mol. The first-order valence-corrected chi connectivity index (χ1v) is 8.58. The van der Waals surface area contributed by atoms with Crippen molar-refractivity contribution in [1.29, 1.82) is 0 Å². The largest absolute Gasteiger partial charge is 0.506 e. The third-order valence-electron chi connectivity index (χ3n) is 4.24. The number of esters is 1. The van der Waals surface area contributed by atoms with E-state index in [1.54, 1.807) is 17.0 Å². The van der Waals surface area contributed by atoms with Gasteiger partial charge in [0, 0.05) is 12.1 Å². The maximum absolute atomic E-state index is 12.4. The Balaban J connectivity index is 2.03. The number of benzene rings is 1. The molecule has 1 aliphatic rings. The van der Waals surface area contributed by atoms with Gasteiger partial charge in [0.25, 0.3) is 5.91 Å². The summed E-state index contributed by atoms with van der Waals surface area (Å²) >= 11 is 3.19. The first kappa shape index (κ1) is 17.8. The molecule has 2 rings (SSSR count). The SMILES string of the molecule is Cc1cc(Br)c(O)c(C(=O)OCC(=O)N2[C@H](C)CCC[C@@H]2C)c1. The fraction of sp³-hybridized carbons (Fsp3) is 0.529. The van der Waals surface area contributed by atoms with Gasteiger partial charge in [0.2, 0.25) is 0 Å². The highest BCUT2D eigenvalue weighted by atomic mass is 79.9. The number of hydrogen-bond donors (Lipinski definition) is 1. The minimum atomic E-state index is -0.697. The number of piperidine rings is 1. The van der Waals surface area contributed by atoms with E-state index >= 15 is 0 Å². The zero-order chi connectivity index (χ0) is 17.1. The molecule has 2 atom stereocenters. The molecule has 23 heavy (non-hydrogen) atoms. The number of rotatable bonds is 3. The Labute approximate surface area is 144 Å². The lowest BCUT2D eigenvalue weighted by Gasteiger charge is -2.38. The number of carbonyl (C=O) groups is 2. The van der Waals surface area contributed by atoms with Gasteiger partial charge in [-0.2, -0.15) is 0 Å². The molecule has 1 aromatic carbocycles. The summed E-state index contributed by atoms with van der Waals surface area (Å²) < 4.78 is 5.54. The highest BCUT2D eigenvalue weighted by molar-refractivity contribution is 9.10. The molecular formula is C17H22BrNO4. The van der Waals surface area contributed by atoms with Gasteiger partial charge < -0.3 is 14.7 Å². The summed E-state index contributed by atoms with van der Waals surface area (Å²) in [6.07, 6.45) is 3.04. The fourth-order valence-electron chi connectivity index (χ4n) is 3.08. The Kier molecular flexibility index (Phi) is 5.68. The van der Waals surface area contributed by atoms with Crippen molar-refractivity contribution in [2.45, 2.75) is 52.1 Å². The van der Waals surface area contributed by atoms with Gasteiger partial charge in [0.15, 0.2) is 6.61 Å². The van der Waals surface area contributed by atoms with Gasteiger partial charge in [-0.15, -0.1) is 0 Å². The molecular weight excluding hydrogens is 362 g/mol. The number of phenols is 1. The lowest BCUT2D eigenvalue weighted by molar-refractivity contribution is -0.140. The monoisotopic (exact) mass is 383 g/mol. The standard InChI is InChI=1S/C17H22BrNO4/c1-10-7-13(16(21)14(18)8-10)17(22)23-9-15(20)19-11(2)5-4-6-12(19)3/h7-8,11-12,21H,4-6,9H2,1-3H3/t11-,12+. The second kappa shape index (κ2) is 7.34. The molecule has 1 amide bonds. The smallest absolute Gasteiger partial charge is 0.342 e. The van der Waals surface area contributed by atoms with Crippen LogP contribution in [0.2, 0.25) is 0 Å². The quantitative estimate of drug-likeness (QED) is 0.812. The molecule has 1 fully saturated rings. The van der Waals surface area contributed by atoms with E-state index in [2.05, 4.69) is 15.9 Å². The van der Waals surface area contributed by atoms with Crippen LogP contribution in [0.3, 0.4) is 0 Å². The number of phenolic OH excluding ortho intramolecular Hbond substituents is 1. The summed E-state index contributed by atoms with van der Waals surface area (Å²) in [7, 11) is 0. The third-order valence-corrected chi connectivity index (χ3v) is 4.84. The number of hydrogen-bond acceptors (Lipinski definition) is 4. The lowest BCUT2D eigenvalue weighted by Crippen LogP contribution is -2.49. The number of amides is 1. The van der Waals surface area contributed by atoms with Crippen LogP contribution in [0.1, 0.15) is 49.0 Å². The molecule has 0 aromatic heterocycles. The zero-order valence-electron chi connectivity index (χ0n) is 13.6. The van der Waals surface area contributed by atoms with E-state index in [0.29, 0.717) is 4.47 Å². The first-order chi connectivity index (χ1) is 10.8. The lowest BCUT2D eigenvalue weighted by atomic mass is 9.97. The van der Waals surface area contributed by atoms with Gasteiger partial charge in [-0.05, 0) is 73.7 Å². The fourth-order valence-corrected chi connectivity index (χ4v) is 3.66. The van der Waals surface area contributed by atoms with E-state index in [1.165, 1.54) is 0 Å². The molecule has 0 bridgehead atoms. The molecule has 1 saturated heterocycles. The number of aryl methyl sites for hydroxylation is 1. The normalized spacial score (nSPS) is 21.1. The highest BCUT2D eigenvalue weighted by Gasteiger charge is 2.29. The Morgan fingerprint density at radius 2 is 1.91 bits per heavy atom. The summed E-state index contributed by atoms with van der Waals surface area (Å²) in [5, 5.41) is 9.95. The van der Waals surface area contributed by atoms with E-state index in [0.717, 1.165) is 24.8 Å². The summed E-state index contributed by atoms with van der Waals surface area (Å²) in [6, 6.07) is 3.56. The second-order valence-corrected chi connectivity index (χ2v) is 7.00. The van der Waals surface area contributed by atoms with Gasteiger partial charge in [-0.3, -0.25) is 4.79 Å². The number of carbonyl (C=O) groups excluding carboxylic acids is 2. The summed E-state index contributed by atoms with van der Waals surface area (Å²) in [5.74, 6) is -1.06. The van der Waals surface area contributed by atoms with Gasteiger partial charge in [-0.25, -0.2) is 4.79 Å². The number of likely N-dealkylation sites (tertiary alicyclic amines) is 1. The molecule has 1 aliphatic heterocycles. The molecule has 0 unspecified atom stereocenters. The number of ether oxygens (including phenoxy) is 1. The van der Waals surface area contributed by atoms with Crippen molar-refractivity contribution in [3.05, 3.63) is 27.7 Å². The minimum absolute atomic E-state index is 0.0596. The van der Waals surface area contributed by atoms with Crippen LogP contribution in [0.5, 0.6) is 5.75 Å². The van der Waals surface area contributed by atoms with E-state index in [-0.39, 0.29) is 35.9 Å². The summed E-state index contributed by atoms with van der Waals surface area (Å²) in [6.45, 7) is 5.53. The molecule has 5 nitrogen and oxygen atoms in total. The van der Waals surface area contributed by atoms with Gasteiger partial charge >= 0.3 is 5.97 Å². The third kappa shape index (κ3) is 4.05. The highest BCUT2D eigenvalue weighted by Crippen LogP contribution is 2.30. The van der Waals surface area contributed by atoms with Crippen LogP contribution < -0.4 is 0 Å². The van der Waals surface area contributed by atoms with Crippen LogP contribution in [-0.2, 0) is 9.53 Å². The first-order valence-electron chi connectivity index (χ1n) is 7.78. The van der Waals surface area contributed by atoms with E-state index < -0.39 is 5.97 Å². The van der Waals surface area contributed by atoms with E-state index in [9.17, 15) is 14.7 Å². The minimum Gasteiger partial charge on any atom is -0.506 e. The maximum atomic E-state index is 12.4. The topological polar surface area (TPSA) is 66.8 Å². The van der Waals surface area contributed by atoms with E-state index in [4.69, 9.17) is 4.74 Å². The molecule has 1 N–H and O–H groups in total. The van der Waals surface area contributed by atoms with Crippen molar-refractivity contribution in [1.82, 2.24) is 4.90 Å². The Bertz CT molecular complexity index is 607. The maximum Gasteiger partial charge on any atom is 0.342 e. The van der Waals surface area contributed by atoms with Crippen LogP contribution in [0.25, 0.3) is 0 Å². The van der Waals surface area contributed by atoms with Crippen LogP contribution in [0, 0.1) is 6.92 Å². The summed E-state index contributed by atoms with van der Waals surface area (Å²) in [4.78, 5) is 26.3. The molecule has 0 aliphatic carbocycles. The number of halogens is 1. The van der Waals surface area contributed by atoms with Crippen LogP contribution in [-0.4, -0.2) is 40.6 Å². The van der Waals surface area contributed by atoms with Crippen LogP contribution >= 0.6 is 15.9 Å². The van der Waals surface area contributed by atoms with Crippen LogP contribution in [0.4, 0.5) is 0 Å². The second-order valence-electron chi connectivity index (χ2n) is 6.15. The molecule has 0 radical (unpaired) electrons. The molecule has 1 heterocycles. The number of aromatic hydroxyl groups is 1. The van der Waals surface area contributed by atoms with Crippen molar-refractivity contribution in [2.24, 2.45) is 0 Å². The van der Waals surface area contributed by atoms with Gasteiger partial charge in [-0.1, -0.05) is 0 Å². The zero-order valence-corrected chi connectivity index (χ0v) is 15.2. The molecule has 126 valence electrons. The van der Waals surface area contributed by atoms with Crippen molar-refractivity contribution < 1.29 is 19.4 Å². The Hall–Kier alpha value is -1.56. The van der Waals surface area contributed by atoms with Gasteiger partial charge in [0.1, 0.15) is 11.3 Å². The van der Waals surface area contributed by atoms with Gasteiger partial charge in [0.05, 0.1) is 4.47 Å². The molecule has 0 saturated carbocycles. The number of nitrogens with zero attached hydrogens (tertiary/aromatic N) is 1. The Morgan fingerprint density at radius 3 is 2.52 bits per heavy atom. The van der Waals surface area contributed by atoms with Crippen molar-refractivity contribution in [3.63, 3.8) is 0 Å². The van der Waals surface area contributed by atoms with Crippen molar-refractivity contribution >= 4 is 27.8 Å².